The molecule has 1 aliphatic heterocycles. The van der Waals surface area contributed by atoms with Crippen LogP contribution in [0.1, 0.15) is 23.5 Å². The van der Waals surface area contributed by atoms with Crippen LogP contribution in [0.3, 0.4) is 0 Å². The normalized spacial score (nSPS) is 16.7. The Morgan fingerprint density at radius 2 is 2.25 bits per heavy atom. The van der Waals surface area contributed by atoms with Gasteiger partial charge in [-0.2, -0.15) is 4.98 Å². The van der Waals surface area contributed by atoms with Gasteiger partial charge in [-0.1, -0.05) is 6.07 Å². The molecule has 1 aromatic carbocycles. The molecule has 122 valence electrons. The number of carbonyl (C=O) groups is 1. The predicted octanol–water partition coefficient (Wildman–Crippen LogP) is 1.94. The van der Waals surface area contributed by atoms with Crippen molar-refractivity contribution in [1.29, 1.82) is 0 Å². The first-order valence-corrected chi connectivity index (χ1v) is 8.13. The van der Waals surface area contributed by atoms with Crippen LogP contribution in [0.5, 0.6) is 11.5 Å². The van der Waals surface area contributed by atoms with Crippen molar-refractivity contribution in [2.75, 3.05) is 12.4 Å². The number of nitrogens with one attached hydrogen (secondary N) is 1. The van der Waals surface area contributed by atoms with Gasteiger partial charge in [0.1, 0.15) is 5.82 Å². The van der Waals surface area contributed by atoms with Crippen LogP contribution in [0.25, 0.3) is 4.96 Å². The minimum absolute atomic E-state index is 0.00451. The lowest BCUT2D eigenvalue weighted by Crippen LogP contribution is -2.31. The van der Waals surface area contributed by atoms with Crippen LogP contribution in [0.4, 0.5) is 5.82 Å². The molecule has 0 saturated carbocycles. The highest BCUT2D eigenvalue weighted by molar-refractivity contribution is 7.15. The first-order valence-electron chi connectivity index (χ1n) is 7.25. The minimum atomic E-state index is -0.444. The van der Waals surface area contributed by atoms with E-state index in [4.69, 9.17) is 4.74 Å². The molecule has 7 nitrogen and oxygen atoms in total. The van der Waals surface area contributed by atoms with Crippen LogP contribution >= 0.6 is 11.3 Å². The Morgan fingerprint density at radius 3 is 3.04 bits per heavy atom. The van der Waals surface area contributed by atoms with E-state index in [-0.39, 0.29) is 23.6 Å². The van der Waals surface area contributed by atoms with Gasteiger partial charge in [0.25, 0.3) is 5.56 Å². The Bertz CT molecular complexity index is 1020. The number of ether oxygens (including phenoxy) is 1. The highest BCUT2D eigenvalue weighted by atomic mass is 32.1. The van der Waals surface area contributed by atoms with Crippen molar-refractivity contribution in [3.05, 3.63) is 51.3 Å². The summed E-state index contributed by atoms with van der Waals surface area (Å²) in [6, 6.07) is 4.83. The largest absolute Gasteiger partial charge is 0.504 e. The van der Waals surface area contributed by atoms with E-state index in [2.05, 4.69) is 10.3 Å². The number of aromatic nitrogens is 2. The van der Waals surface area contributed by atoms with Crippen LogP contribution in [0.2, 0.25) is 0 Å². The third kappa shape index (κ3) is 2.15. The Labute approximate surface area is 140 Å². The molecule has 3 aromatic rings. The van der Waals surface area contributed by atoms with Gasteiger partial charge in [0.15, 0.2) is 16.5 Å². The van der Waals surface area contributed by atoms with Crippen molar-refractivity contribution >= 4 is 28.0 Å². The van der Waals surface area contributed by atoms with Gasteiger partial charge < -0.3 is 15.2 Å². The zero-order valence-corrected chi connectivity index (χ0v) is 13.5. The number of nitrogens with zero attached hydrogens (tertiary/aromatic N) is 2. The summed E-state index contributed by atoms with van der Waals surface area (Å²) >= 11 is 1.33. The molecule has 0 unspecified atom stereocenters. The number of phenols is 1. The van der Waals surface area contributed by atoms with E-state index in [1.807, 2.05) is 0 Å². The third-order valence-electron chi connectivity index (χ3n) is 4.12. The fourth-order valence-electron chi connectivity index (χ4n) is 3.01. The Balaban J connectivity index is 1.96. The number of anilines is 1. The van der Waals surface area contributed by atoms with E-state index in [1.54, 1.807) is 28.1 Å². The van der Waals surface area contributed by atoms with Crippen molar-refractivity contribution in [3.8, 4) is 11.5 Å². The number of amides is 1. The smallest absolute Gasteiger partial charge is 0.279 e. The number of fused-ring (bicyclic) bond motifs is 3. The lowest BCUT2D eigenvalue weighted by molar-refractivity contribution is -0.116. The molecule has 1 amide bonds. The number of carbonyl (C=O) groups excluding carboxylic acids is 1. The van der Waals surface area contributed by atoms with E-state index < -0.39 is 5.92 Å². The molecule has 3 heterocycles. The van der Waals surface area contributed by atoms with Crippen LogP contribution in [0.15, 0.2) is 34.6 Å². The molecule has 24 heavy (non-hydrogen) atoms. The van der Waals surface area contributed by atoms with Crippen LogP contribution < -0.4 is 15.6 Å². The standard InChI is InChI=1S/C16H13N3O4S/c1-23-11-6-8(2-3-10(11)20)9-7-12(21)17-14-13(9)15(22)18-16-19(14)4-5-24-16/h2-6,9,20H,7H2,1H3,(H,17,21)/t9-/m1/s1. The molecule has 1 atom stereocenters. The van der Waals surface area contributed by atoms with Gasteiger partial charge in [-0.3, -0.25) is 14.0 Å². The van der Waals surface area contributed by atoms with Gasteiger partial charge in [-0.15, -0.1) is 11.3 Å². The number of aromatic hydroxyl groups is 1. The predicted molar refractivity (Wildman–Crippen MR) is 89.1 cm³/mol. The number of benzene rings is 1. The quantitative estimate of drug-likeness (QED) is 0.742. The summed E-state index contributed by atoms with van der Waals surface area (Å²) in [6.45, 7) is 0. The molecule has 1 aliphatic rings. The first kappa shape index (κ1) is 14.7. The second-order valence-electron chi connectivity index (χ2n) is 5.47. The second-order valence-corrected chi connectivity index (χ2v) is 6.34. The van der Waals surface area contributed by atoms with Gasteiger partial charge in [-0.05, 0) is 17.7 Å². The highest BCUT2D eigenvalue weighted by Crippen LogP contribution is 2.38. The first-order chi connectivity index (χ1) is 11.6. The number of rotatable bonds is 2. The lowest BCUT2D eigenvalue weighted by Gasteiger charge is -2.25. The molecular weight excluding hydrogens is 330 g/mol. The average molecular weight is 343 g/mol. The summed E-state index contributed by atoms with van der Waals surface area (Å²) in [5.41, 5.74) is 0.803. The Morgan fingerprint density at radius 1 is 1.42 bits per heavy atom. The van der Waals surface area contributed by atoms with Crippen molar-refractivity contribution in [1.82, 2.24) is 9.38 Å². The van der Waals surface area contributed by atoms with Gasteiger partial charge in [0, 0.05) is 23.9 Å². The molecule has 0 spiro atoms. The molecule has 0 radical (unpaired) electrons. The molecule has 0 fully saturated rings. The van der Waals surface area contributed by atoms with Crippen LogP contribution in [-0.2, 0) is 4.79 Å². The fraction of sp³-hybridized carbons (Fsp3) is 0.188. The van der Waals surface area contributed by atoms with E-state index >= 15 is 0 Å². The van der Waals surface area contributed by atoms with E-state index in [0.29, 0.717) is 22.1 Å². The maximum atomic E-state index is 12.5. The fourth-order valence-corrected chi connectivity index (χ4v) is 3.71. The summed E-state index contributed by atoms with van der Waals surface area (Å²) in [5.74, 6) is 0.138. The van der Waals surface area contributed by atoms with Gasteiger partial charge in [0.05, 0.1) is 12.7 Å². The minimum Gasteiger partial charge on any atom is -0.504 e. The maximum absolute atomic E-state index is 12.5. The summed E-state index contributed by atoms with van der Waals surface area (Å²) in [5, 5.41) is 14.4. The monoisotopic (exact) mass is 343 g/mol. The van der Waals surface area contributed by atoms with Gasteiger partial charge in [-0.25, -0.2) is 0 Å². The van der Waals surface area contributed by atoms with Gasteiger partial charge in [0.2, 0.25) is 5.91 Å². The SMILES string of the molecule is COc1cc([C@H]2CC(=O)Nc3c2c(=O)nc2sccn32)ccc1O. The zero-order chi connectivity index (χ0) is 16.8. The molecule has 4 rings (SSSR count). The van der Waals surface area contributed by atoms with Crippen LogP contribution in [0, 0.1) is 0 Å². The molecule has 0 bridgehead atoms. The maximum Gasteiger partial charge on any atom is 0.279 e. The van der Waals surface area contributed by atoms with E-state index in [0.717, 1.165) is 5.56 Å². The Hall–Kier alpha value is -2.87. The van der Waals surface area contributed by atoms with Gasteiger partial charge >= 0.3 is 0 Å². The molecule has 0 aliphatic carbocycles. The number of thiazole rings is 1. The number of hydrogen-bond donors (Lipinski definition) is 2. The lowest BCUT2D eigenvalue weighted by atomic mass is 9.86. The molecular formula is C16H13N3O4S. The molecule has 0 saturated heterocycles. The summed E-state index contributed by atoms with van der Waals surface area (Å²) < 4.78 is 6.84. The number of phenolic OH excluding ortho intramolecular Hbond substituents is 1. The zero-order valence-electron chi connectivity index (χ0n) is 12.6. The second kappa shape index (κ2) is 5.34. The topological polar surface area (TPSA) is 92.9 Å². The number of hydrogen-bond acceptors (Lipinski definition) is 6. The summed E-state index contributed by atoms with van der Waals surface area (Å²) in [4.78, 5) is 29.4. The number of methoxy groups -OCH3 is 1. The van der Waals surface area contributed by atoms with Crippen molar-refractivity contribution < 1.29 is 14.6 Å². The van der Waals surface area contributed by atoms with Crippen molar-refractivity contribution in [2.24, 2.45) is 0 Å². The molecule has 2 aromatic heterocycles. The molecule has 2 N–H and O–H groups in total. The summed E-state index contributed by atoms with van der Waals surface area (Å²) in [6.07, 6.45) is 1.90. The van der Waals surface area contributed by atoms with Crippen molar-refractivity contribution in [3.63, 3.8) is 0 Å². The Kier molecular flexibility index (Phi) is 3.27. The van der Waals surface area contributed by atoms with Crippen LogP contribution in [-0.4, -0.2) is 27.5 Å². The molecule has 8 heteroatoms. The summed E-state index contributed by atoms with van der Waals surface area (Å²) in [7, 11) is 1.45. The van der Waals surface area contributed by atoms with E-state index in [9.17, 15) is 14.7 Å². The van der Waals surface area contributed by atoms with E-state index in [1.165, 1.54) is 24.5 Å². The average Bonchev–Trinajstić information content (AvgIpc) is 3.03. The third-order valence-corrected chi connectivity index (χ3v) is 4.87. The highest BCUT2D eigenvalue weighted by Gasteiger charge is 2.32. The van der Waals surface area contributed by atoms with Crippen molar-refractivity contribution in [2.45, 2.75) is 12.3 Å².